The second-order valence-corrected chi connectivity index (χ2v) is 8.39. The summed E-state index contributed by atoms with van der Waals surface area (Å²) < 4.78 is 5.85. The van der Waals surface area contributed by atoms with Crippen LogP contribution in [0.25, 0.3) is 17.4 Å². The van der Waals surface area contributed by atoms with E-state index in [1.807, 2.05) is 32.0 Å². The van der Waals surface area contributed by atoms with Crippen LogP contribution in [0.3, 0.4) is 0 Å². The minimum Gasteiger partial charge on any atom is -0.457 e. The lowest BCUT2D eigenvalue weighted by molar-refractivity contribution is -0.115. The highest BCUT2D eigenvalue weighted by Crippen LogP contribution is 2.36. The number of hydrogen-bond donors (Lipinski definition) is 1. The van der Waals surface area contributed by atoms with Gasteiger partial charge in [-0.3, -0.25) is 4.79 Å². The number of amides is 1. The fourth-order valence-corrected chi connectivity index (χ4v) is 4.23. The van der Waals surface area contributed by atoms with Gasteiger partial charge in [0.25, 0.3) is 5.91 Å². The highest BCUT2D eigenvalue weighted by molar-refractivity contribution is 8.18. The summed E-state index contributed by atoms with van der Waals surface area (Å²) >= 11 is 13.7. The first-order chi connectivity index (χ1) is 13.9. The van der Waals surface area contributed by atoms with Crippen LogP contribution in [0.4, 0.5) is 5.69 Å². The topological polar surface area (TPSA) is 54.6 Å². The number of benzene rings is 2. The molecule has 1 fully saturated rings. The lowest BCUT2D eigenvalue weighted by Gasteiger charge is -2.02. The van der Waals surface area contributed by atoms with E-state index in [-0.39, 0.29) is 5.91 Å². The predicted octanol–water partition coefficient (Wildman–Crippen LogP) is 6.76. The Balaban J connectivity index is 1.58. The van der Waals surface area contributed by atoms with E-state index >= 15 is 0 Å². The van der Waals surface area contributed by atoms with Gasteiger partial charge in [0.05, 0.1) is 26.2 Å². The van der Waals surface area contributed by atoms with Gasteiger partial charge >= 0.3 is 0 Å². The Morgan fingerprint density at radius 3 is 2.52 bits per heavy atom. The molecule has 1 aromatic heterocycles. The summed E-state index contributed by atoms with van der Waals surface area (Å²) in [6.07, 6.45) is 1.68. The van der Waals surface area contributed by atoms with Crippen LogP contribution < -0.4 is 5.32 Å². The van der Waals surface area contributed by atoms with Gasteiger partial charge in [-0.1, -0.05) is 35.3 Å². The Hall–Kier alpha value is -2.47. The summed E-state index contributed by atoms with van der Waals surface area (Å²) in [5.41, 5.74) is 3.77. The number of hydrogen-bond acceptors (Lipinski definition) is 4. The molecule has 0 unspecified atom stereocenters. The number of carbonyl (C=O) groups excluding carboxylic acids is 1. The lowest BCUT2D eigenvalue weighted by atomic mass is 10.1. The van der Waals surface area contributed by atoms with Crippen molar-refractivity contribution < 1.29 is 9.21 Å². The van der Waals surface area contributed by atoms with Crippen LogP contribution in [-0.2, 0) is 4.79 Å². The van der Waals surface area contributed by atoms with Gasteiger partial charge in [0.15, 0.2) is 5.17 Å². The van der Waals surface area contributed by atoms with E-state index in [9.17, 15) is 4.79 Å². The first-order valence-corrected chi connectivity index (χ1v) is 10.4. The van der Waals surface area contributed by atoms with Crippen LogP contribution in [0.1, 0.15) is 16.9 Å². The Kier molecular flexibility index (Phi) is 5.54. The van der Waals surface area contributed by atoms with Crippen LogP contribution in [-0.4, -0.2) is 11.1 Å². The standard InChI is InChI=1S/C22H16Cl2N2O2S/c1-12-6-7-14(10-13(12)2)25-22-26-21(27)19(29-22)11-15-8-9-18(28-15)20-16(23)4-3-5-17(20)24/h3-11H,1-2H3,(H,25,26,27). The Morgan fingerprint density at radius 2 is 1.79 bits per heavy atom. The summed E-state index contributed by atoms with van der Waals surface area (Å²) in [5, 5.41) is 4.32. The quantitative estimate of drug-likeness (QED) is 0.455. The van der Waals surface area contributed by atoms with Gasteiger partial charge in [-0.15, -0.1) is 0 Å². The van der Waals surface area contributed by atoms with Crippen molar-refractivity contribution in [2.24, 2.45) is 4.99 Å². The number of furan rings is 1. The van der Waals surface area contributed by atoms with Crippen LogP contribution in [0.15, 0.2) is 62.8 Å². The molecule has 1 aliphatic rings. The van der Waals surface area contributed by atoms with Crippen molar-refractivity contribution in [3.05, 3.63) is 80.4 Å². The molecule has 0 spiro atoms. The number of nitrogens with zero attached hydrogens (tertiary/aromatic N) is 1. The van der Waals surface area contributed by atoms with Crippen LogP contribution in [0.2, 0.25) is 10.0 Å². The molecule has 1 N–H and O–H groups in total. The molecule has 2 heterocycles. The van der Waals surface area contributed by atoms with E-state index in [4.69, 9.17) is 27.6 Å². The van der Waals surface area contributed by atoms with Crippen LogP contribution in [0, 0.1) is 13.8 Å². The minimum atomic E-state index is -0.216. The molecular formula is C22H16Cl2N2O2S. The van der Waals surface area contributed by atoms with Crippen molar-refractivity contribution in [1.29, 1.82) is 0 Å². The van der Waals surface area contributed by atoms with Crippen molar-refractivity contribution in [3.8, 4) is 11.3 Å². The van der Waals surface area contributed by atoms with E-state index in [1.165, 1.54) is 17.3 Å². The smallest absolute Gasteiger partial charge is 0.264 e. The zero-order chi connectivity index (χ0) is 20.5. The number of rotatable bonds is 3. The molecule has 0 atom stereocenters. The molecule has 4 nitrogen and oxygen atoms in total. The molecule has 0 aliphatic carbocycles. The average Bonchev–Trinajstić information content (AvgIpc) is 3.25. The first-order valence-electron chi connectivity index (χ1n) is 8.82. The molecule has 146 valence electrons. The number of carbonyl (C=O) groups is 1. The fourth-order valence-electron chi connectivity index (χ4n) is 2.82. The number of amidine groups is 1. The molecule has 3 aromatic rings. The van der Waals surface area contributed by atoms with Gasteiger partial charge in [-0.25, -0.2) is 4.99 Å². The first kappa shape index (κ1) is 19.8. The molecule has 7 heteroatoms. The average molecular weight is 443 g/mol. The molecule has 0 radical (unpaired) electrons. The highest BCUT2D eigenvalue weighted by atomic mass is 35.5. The maximum Gasteiger partial charge on any atom is 0.264 e. The molecular weight excluding hydrogens is 427 g/mol. The molecule has 1 amide bonds. The van der Waals surface area contributed by atoms with E-state index in [0.717, 1.165) is 11.3 Å². The monoisotopic (exact) mass is 442 g/mol. The van der Waals surface area contributed by atoms with E-state index in [2.05, 4.69) is 10.3 Å². The summed E-state index contributed by atoms with van der Waals surface area (Å²) in [7, 11) is 0. The van der Waals surface area contributed by atoms with Gasteiger partial charge in [0, 0.05) is 6.08 Å². The summed E-state index contributed by atoms with van der Waals surface area (Å²) in [5.74, 6) is 0.854. The Bertz CT molecular complexity index is 1160. The highest BCUT2D eigenvalue weighted by Gasteiger charge is 2.24. The van der Waals surface area contributed by atoms with Crippen LogP contribution in [0.5, 0.6) is 0 Å². The maximum atomic E-state index is 12.3. The normalized spacial score (nSPS) is 16.6. The molecule has 0 saturated carbocycles. The Morgan fingerprint density at radius 1 is 1.03 bits per heavy atom. The third kappa shape index (κ3) is 4.27. The van der Waals surface area contributed by atoms with Crippen molar-refractivity contribution in [2.45, 2.75) is 13.8 Å². The fraction of sp³-hybridized carbons (Fsp3) is 0.0909. The van der Waals surface area contributed by atoms with Crippen molar-refractivity contribution >= 4 is 57.8 Å². The SMILES string of the molecule is Cc1ccc(N=C2NC(=O)C(=Cc3ccc(-c4c(Cl)cccc4Cl)o3)S2)cc1C. The molecule has 1 aliphatic heterocycles. The summed E-state index contributed by atoms with van der Waals surface area (Å²) in [6.45, 7) is 4.08. The lowest BCUT2D eigenvalue weighted by Crippen LogP contribution is -2.19. The number of aliphatic imine (C=N–C) groups is 1. The number of halogens is 2. The van der Waals surface area contributed by atoms with E-state index in [1.54, 1.807) is 36.4 Å². The summed E-state index contributed by atoms with van der Waals surface area (Å²) in [6, 6.07) is 14.7. The second-order valence-electron chi connectivity index (χ2n) is 6.55. The van der Waals surface area contributed by atoms with Gasteiger partial charge in [-0.05, 0) is 73.1 Å². The maximum absolute atomic E-state index is 12.3. The molecule has 2 aromatic carbocycles. The second kappa shape index (κ2) is 8.11. The van der Waals surface area contributed by atoms with Gasteiger partial charge in [-0.2, -0.15) is 0 Å². The molecule has 1 saturated heterocycles. The van der Waals surface area contributed by atoms with E-state index < -0.39 is 0 Å². The number of thioether (sulfide) groups is 1. The van der Waals surface area contributed by atoms with Gasteiger partial charge in [0.2, 0.25) is 0 Å². The molecule has 29 heavy (non-hydrogen) atoms. The number of nitrogens with one attached hydrogen (secondary N) is 1. The van der Waals surface area contributed by atoms with Gasteiger partial charge < -0.3 is 9.73 Å². The number of aryl methyl sites for hydroxylation is 2. The largest absolute Gasteiger partial charge is 0.457 e. The third-order valence-corrected chi connectivity index (χ3v) is 6.02. The summed E-state index contributed by atoms with van der Waals surface area (Å²) in [4.78, 5) is 17.3. The van der Waals surface area contributed by atoms with E-state index in [0.29, 0.717) is 37.2 Å². The Labute approximate surface area is 182 Å². The van der Waals surface area contributed by atoms with Crippen molar-refractivity contribution in [3.63, 3.8) is 0 Å². The molecule has 4 rings (SSSR count). The molecule has 0 bridgehead atoms. The third-order valence-electron chi connectivity index (χ3n) is 4.48. The van der Waals surface area contributed by atoms with Crippen molar-refractivity contribution in [1.82, 2.24) is 5.32 Å². The van der Waals surface area contributed by atoms with Crippen molar-refractivity contribution in [2.75, 3.05) is 0 Å². The zero-order valence-corrected chi connectivity index (χ0v) is 18.0. The predicted molar refractivity (Wildman–Crippen MR) is 121 cm³/mol. The minimum absolute atomic E-state index is 0.216. The zero-order valence-electron chi connectivity index (χ0n) is 15.6. The van der Waals surface area contributed by atoms with Crippen LogP contribution >= 0.6 is 35.0 Å². The van der Waals surface area contributed by atoms with Gasteiger partial charge in [0.1, 0.15) is 11.5 Å².